The number of nitrogens with zero attached hydrogens (tertiary/aromatic N) is 3. The first-order valence-corrected chi connectivity index (χ1v) is 19.0. The van der Waals surface area contributed by atoms with E-state index in [1.807, 2.05) is 30.3 Å². The maximum Gasteiger partial charge on any atom is 0.164 e. The molecule has 0 fully saturated rings. The van der Waals surface area contributed by atoms with E-state index in [4.69, 9.17) is 15.0 Å². The molecule has 3 heteroatoms. The van der Waals surface area contributed by atoms with Crippen molar-refractivity contribution in [2.75, 3.05) is 0 Å². The Morgan fingerprint density at radius 2 is 0.625 bits per heavy atom. The molecule has 0 saturated carbocycles. The predicted molar refractivity (Wildman–Crippen MR) is 233 cm³/mol. The molecule has 0 N–H and O–H groups in total. The van der Waals surface area contributed by atoms with Crippen molar-refractivity contribution >= 4 is 0 Å². The van der Waals surface area contributed by atoms with E-state index in [1.165, 1.54) is 55.6 Å². The molecular weight excluding hydrogens is 679 g/mol. The zero-order valence-corrected chi connectivity index (χ0v) is 31.4. The van der Waals surface area contributed by atoms with Crippen LogP contribution in [0.3, 0.4) is 0 Å². The fraction of sp³-hybridized carbons (Fsp3) is 0.0377. The first-order chi connectivity index (χ1) is 27.6. The molecule has 0 amide bonds. The van der Waals surface area contributed by atoms with Gasteiger partial charge in [0.05, 0.1) is 0 Å². The van der Waals surface area contributed by atoms with Gasteiger partial charge >= 0.3 is 0 Å². The maximum atomic E-state index is 5.12. The molecule has 0 bridgehead atoms. The summed E-state index contributed by atoms with van der Waals surface area (Å²) < 4.78 is 0. The van der Waals surface area contributed by atoms with Gasteiger partial charge in [0.2, 0.25) is 0 Å². The van der Waals surface area contributed by atoms with Crippen LogP contribution in [-0.2, 0) is 0 Å². The highest BCUT2D eigenvalue weighted by molar-refractivity contribution is 5.98. The third-order valence-electron chi connectivity index (χ3n) is 10.2. The van der Waals surface area contributed by atoms with Crippen LogP contribution >= 0.6 is 0 Å². The van der Waals surface area contributed by atoms with Crippen molar-refractivity contribution in [1.29, 1.82) is 0 Å². The minimum atomic E-state index is 0.628. The lowest BCUT2D eigenvalue weighted by Crippen LogP contribution is -2.00. The Hall–Kier alpha value is -7.23. The smallest absolute Gasteiger partial charge is 0.164 e. The highest BCUT2D eigenvalue weighted by Crippen LogP contribution is 2.44. The molecular formula is C53H39N3. The van der Waals surface area contributed by atoms with E-state index in [1.54, 1.807) is 0 Å². The van der Waals surface area contributed by atoms with Crippen molar-refractivity contribution in [3.63, 3.8) is 0 Å². The number of aromatic nitrogens is 3. The van der Waals surface area contributed by atoms with Crippen LogP contribution in [0.4, 0.5) is 0 Å². The van der Waals surface area contributed by atoms with Crippen molar-refractivity contribution in [3.8, 4) is 89.8 Å². The minimum Gasteiger partial charge on any atom is -0.208 e. The first kappa shape index (κ1) is 34.5. The standard InChI is InChI=1S/C53H39N3/c1-36-30-37(2)32-46(31-36)44-24-15-25-45(33-44)53-55-51(42-22-13-6-14-23-42)54-52(56-53)43-28-26-41(27-29-43)50-48(39-18-9-4-10-19-39)34-47(38-16-7-3-8-17-38)35-49(50)40-20-11-5-12-21-40/h3-35H,1-2H3. The van der Waals surface area contributed by atoms with Crippen LogP contribution < -0.4 is 0 Å². The number of rotatable bonds is 8. The minimum absolute atomic E-state index is 0.628. The summed E-state index contributed by atoms with van der Waals surface area (Å²) in [5, 5.41) is 0. The van der Waals surface area contributed by atoms with Crippen molar-refractivity contribution < 1.29 is 0 Å². The maximum absolute atomic E-state index is 5.12. The molecule has 0 aliphatic rings. The topological polar surface area (TPSA) is 38.7 Å². The average molecular weight is 718 g/mol. The molecule has 0 saturated heterocycles. The van der Waals surface area contributed by atoms with Crippen LogP contribution in [0, 0.1) is 13.8 Å². The van der Waals surface area contributed by atoms with Crippen LogP contribution in [-0.4, -0.2) is 15.0 Å². The van der Waals surface area contributed by atoms with Gasteiger partial charge in [0, 0.05) is 16.7 Å². The van der Waals surface area contributed by atoms with E-state index < -0.39 is 0 Å². The number of benzene rings is 8. The van der Waals surface area contributed by atoms with Crippen LogP contribution in [0.5, 0.6) is 0 Å². The van der Waals surface area contributed by atoms with Crippen molar-refractivity contribution in [3.05, 3.63) is 211 Å². The van der Waals surface area contributed by atoms with E-state index >= 15 is 0 Å². The van der Waals surface area contributed by atoms with Crippen LogP contribution in [0.1, 0.15) is 11.1 Å². The van der Waals surface area contributed by atoms with Gasteiger partial charge in [0.1, 0.15) is 0 Å². The molecule has 9 rings (SSSR count). The second-order valence-electron chi connectivity index (χ2n) is 14.3. The molecule has 0 aliphatic carbocycles. The molecule has 3 nitrogen and oxygen atoms in total. The normalized spacial score (nSPS) is 11.0. The quantitative estimate of drug-likeness (QED) is 0.157. The second-order valence-corrected chi connectivity index (χ2v) is 14.3. The lowest BCUT2D eigenvalue weighted by atomic mass is 9.84. The summed E-state index contributed by atoms with van der Waals surface area (Å²) in [6, 6.07) is 70.7. The molecule has 1 aromatic heterocycles. The number of hydrogen-bond donors (Lipinski definition) is 0. The summed E-state index contributed by atoms with van der Waals surface area (Å²) in [5.41, 5.74) is 16.9. The van der Waals surface area contributed by atoms with Gasteiger partial charge in [0.25, 0.3) is 0 Å². The molecule has 0 spiro atoms. The van der Waals surface area contributed by atoms with Gasteiger partial charge in [-0.3, -0.25) is 0 Å². The zero-order valence-electron chi connectivity index (χ0n) is 31.4. The van der Waals surface area contributed by atoms with E-state index in [2.05, 4.69) is 184 Å². The van der Waals surface area contributed by atoms with Crippen molar-refractivity contribution in [1.82, 2.24) is 15.0 Å². The van der Waals surface area contributed by atoms with Gasteiger partial charge in [-0.1, -0.05) is 193 Å². The predicted octanol–water partition coefficient (Wildman–Crippen LogP) is 13.8. The highest BCUT2D eigenvalue weighted by atomic mass is 15.0. The Morgan fingerprint density at radius 1 is 0.250 bits per heavy atom. The fourth-order valence-electron chi connectivity index (χ4n) is 7.56. The van der Waals surface area contributed by atoms with Gasteiger partial charge in [0.15, 0.2) is 17.5 Å². The largest absolute Gasteiger partial charge is 0.208 e. The van der Waals surface area contributed by atoms with E-state index in [9.17, 15) is 0 Å². The molecule has 0 aliphatic heterocycles. The molecule has 0 radical (unpaired) electrons. The van der Waals surface area contributed by atoms with Gasteiger partial charge in [-0.2, -0.15) is 0 Å². The molecule has 9 aromatic rings. The summed E-state index contributed by atoms with van der Waals surface area (Å²) in [6.45, 7) is 4.28. The van der Waals surface area contributed by atoms with Crippen molar-refractivity contribution in [2.45, 2.75) is 13.8 Å². The second kappa shape index (κ2) is 15.3. The van der Waals surface area contributed by atoms with Crippen molar-refractivity contribution in [2.24, 2.45) is 0 Å². The Bertz CT molecular complexity index is 2700. The fourth-order valence-corrected chi connectivity index (χ4v) is 7.56. The molecule has 266 valence electrons. The SMILES string of the molecule is Cc1cc(C)cc(-c2cccc(-c3nc(-c4ccccc4)nc(-c4ccc(-c5c(-c6ccccc6)cc(-c6ccccc6)cc5-c5ccccc5)cc4)n3)c2)c1. The summed E-state index contributed by atoms with van der Waals surface area (Å²) in [6.07, 6.45) is 0. The summed E-state index contributed by atoms with van der Waals surface area (Å²) in [5.74, 6) is 1.90. The lowest BCUT2D eigenvalue weighted by molar-refractivity contribution is 1.07. The van der Waals surface area contributed by atoms with Gasteiger partial charge in [-0.25, -0.2) is 15.0 Å². The average Bonchev–Trinajstić information content (AvgIpc) is 3.27. The molecule has 8 aromatic carbocycles. The van der Waals surface area contributed by atoms with E-state index in [-0.39, 0.29) is 0 Å². The molecule has 56 heavy (non-hydrogen) atoms. The molecule has 0 atom stereocenters. The van der Waals surface area contributed by atoms with Gasteiger partial charge in [-0.15, -0.1) is 0 Å². The highest BCUT2D eigenvalue weighted by Gasteiger charge is 2.19. The number of hydrogen-bond acceptors (Lipinski definition) is 3. The first-order valence-electron chi connectivity index (χ1n) is 19.0. The number of aryl methyl sites for hydroxylation is 2. The Balaban J connectivity index is 1.19. The third kappa shape index (κ3) is 7.19. The van der Waals surface area contributed by atoms with Crippen LogP contribution in [0.25, 0.3) is 89.8 Å². The monoisotopic (exact) mass is 717 g/mol. The zero-order chi connectivity index (χ0) is 37.8. The van der Waals surface area contributed by atoms with Gasteiger partial charge in [-0.05, 0) is 87.7 Å². The van der Waals surface area contributed by atoms with E-state index in [0.717, 1.165) is 27.8 Å². The van der Waals surface area contributed by atoms with Gasteiger partial charge < -0.3 is 0 Å². The lowest BCUT2D eigenvalue weighted by Gasteiger charge is -2.19. The van der Waals surface area contributed by atoms with Crippen LogP contribution in [0.2, 0.25) is 0 Å². The Labute approximate surface area is 328 Å². The summed E-state index contributed by atoms with van der Waals surface area (Å²) >= 11 is 0. The molecule has 0 unspecified atom stereocenters. The Kier molecular flexibility index (Phi) is 9.41. The summed E-state index contributed by atoms with van der Waals surface area (Å²) in [4.78, 5) is 15.2. The van der Waals surface area contributed by atoms with Crippen LogP contribution in [0.15, 0.2) is 200 Å². The Morgan fingerprint density at radius 3 is 1.14 bits per heavy atom. The summed E-state index contributed by atoms with van der Waals surface area (Å²) in [7, 11) is 0. The van der Waals surface area contributed by atoms with E-state index in [0.29, 0.717) is 17.5 Å². The molecule has 1 heterocycles. The third-order valence-corrected chi connectivity index (χ3v) is 10.2.